The lowest BCUT2D eigenvalue weighted by Crippen LogP contribution is -2.03. The molecule has 0 aliphatic carbocycles. The van der Waals surface area contributed by atoms with Crippen molar-refractivity contribution in [1.82, 2.24) is 4.98 Å². The van der Waals surface area contributed by atoms with Crippen LogP contribution in [-0.4, -0.2) is 10.8 Å². The second-order valence-electron chi connectivity index (χ2n) is 2.62. The number of rotatable bonds is 2. The van der Waals surface area contributed by atoms with E-state index in [1.54, 1.807) is 19.3 Å². The number of hydrogen-bond donors (Lipinski definition) is 0. The smallest absolute Gasteiger partial charge is 0.137 e. The Hall–Kier alpha value is -1.18. The van der Waals surface area contributed by atoms with Crippen LogP contribution >= 0.6 is 0 Å². The van der Waals surface area contributed by atoms with E-state index in [0.29, 0.717) is 0 Å². The summed E-state index contributed by atoms with van der Waals surface area (Å²) < 4.78 is 0. The first-order valence-electron chi connectivity index (χ1n) is 3.62. The molecule has 0 saturated carbocycles. The maximum Gasteiger partial charge on any atom is 0.137 e. The summed E-state index contributed by atoms with van der Waals surface area (Å²) in [5.41, 5.74) is 0.986. The normalized spacial score (nSPS) is 12.5. The molecule has 0 aliphatic rings. The van der Waals surface area contributed by atoms with Crippen molar-refractivity contribution >= 4 is 5.78 Å². The fourth-order valence-electron chi connectivity index (χ4n) is 0.867. The van der Waals surface area contributed by atoms with Crippen LogP contribution in [0.5, 0.6) is 0 Å². The van der Waals surface area contributed by atoms with Crippen LogP contribution in [-0.2, 0) is 4.79 Å². The molecule has 1 aromatic rings. The van der Waals surface area contributed by atoms with E-state index >= 15 is 0 Å². The molecule has 0 aromatic carbocycles. The molecule has 0 radical (unpaired) electrons. The maximum atomic E-state index is 10.9. The molecule has 1 heterocycles. The van der Waals surface area contributed by atoms with Gasteiger partial charge in [0.2, 0.25) is 0 Å². The molecule has 2 nitrogen and oxygen atoms in total. The fourth-order valence-corrected chi connectivity index (χ4v) is 0.867. The fraction of sp³-hybridized carbons (Fsp3) is 0.333. The molecule has 1 unspecified atom stereocenters. The lowest BCUT2D eigenvalue weighted by molar-refractivity contribution is -0.118. The number of hydrogen-bond acceptors (Lipinski definition) is 2. The van der Waals surface area contributed by atoms with Crippen LogP contribution in [0.15, 0.2) is 24.5 Å². The molecule has 2 heteroatoms. The van der Waals surface area contributed by atoms with E-state index in [9.17, 15) is 4.79 Å². The molecular formula is C9H11NO. The summed E-state index contributed by atoms with van der Waals surface area (Å²) >= 11 is 0. The Bertz CT molecular complexity index is 243. The summed E-state index contributed by atoms with van der Waals surface area (Å²) in [5, 5.41) is 0. The van der Waals surface area contributed by atoms with Gasteiger partial charge in [0.25, 0.3) is 0 Å². The quantitative estimate of drug-likeness (QED) is 0.641. The van der Waals surface area contributed by atoms with Crippen LogP contribution in [0.25, 0.3) is 0 Å². The number of ketones is 1. The average Bonchev–Trinajstić information content (AvgIpc) is 2.05. The predicted octanol–water partition coefficient (Wildman–Crippen LogP) is 1.77. The van der Waals surface area contributed by atoms with Crippen molar-refractivity contribution in [3.8, 4) is 0 Å². The van der Waals surface area contributed by atoms with Gasteiger partial charge in [0, 0.05) is 18.3 Å². The topological polar surface area (TPSA) is 30.0 Å². The van der Waals surface area contributed by atoms with Crippen LogP contribution in [0.4, 0.5) is 0 Å². The number of nitrogens with zero attached hydrogens (tertiary/aromatic N) is 1. The highest BCUT2D eigenvalue weighted by molar-refractivity contribution is 5.82. The molecule has 0 aliphatic heterocycles. The number of carbonyl (C=O) groups is 1. The van der Waals surface area contributed by atoms with Crippen LogP contribution in [0.1, 0.15) is 25.3 Å². The molecule has 58 valence electrons. The van der Waals surface area contributed by atoms with Crippen molar-refractivity contribution in [2.24, 2.45) is 0 Å². The Morgan fingerprint density at radius 3 is 2.82 bits per heavy atom. The van der Waals surface area contributed by atoms with Crippen molar-refractivity contribution in [3.05, 3.63) is 30.1 Å². The summed E-state index contributed by atoms with van der Waals surface area (Å²) in [6.07, 6.45) is 3.43. The summed E-state index contributed by atoms with van der Waals surface area (Å²) in [4.78, 5) is 14.9. The third kappa shape index (κ3) is 1.87. The van der Waals surface area contributed by atoms with Crippen LogP contribution in [0.3, 0.4) is 0 Å². The van der Waals surface area contributed by atoms with E-state index in [1.807, 2.05) is 19.1 Å². The Kier molecular flexibility index (Phi) is 2.36. The van der Waals surface area contributed by atoms with Crippen molar-refractivity contribution in [2.45, 2.75) is 19.8 Å². The lowest BCUT2D eigenvalue weighted by atomic mass is 10.00. The zero-order chi connectivity index (χ0) is 8.27. The Morgan fingerprint density at radius 1 is 1.64 bits per heavy atom. The minimum absolute atomic E-state index is 0.0244. The van der Waals surface area contributed by atoms with Crippen LogP contribution < -0.4 is 0 Å². The van der Waals surface area contributed by atoms with E-state index in [0.717, 1.165) is 5.56 Å². The number of pyridine rings is 1. The predicted molar refractivity (Wildman–Crippen MR) is 43.3 cm³/mol. The van der Waals surface area contributed by atoms with E-state index < -0.39 is 0 Å². The molecule has 0 saturated heterocycles. The average molecular weight is 149 g/mol. The van der Waals surface area contributed by atoms with Gasteiger partial charge in [0.05, 0.1) is 0 Å². The Morgan fingerprint density at radius 2 is 2.36 bits per heavy atom. The maximum absolute atomic E-state index is 10.9. The Balaban J connectivity index is 2.85. The van der Waals surface area contributed by atoms with Gasteiger partial charge in [-0.3, -0.25) is 9.78 Å². The largest absolute Gasteiger partial charge is 0.299 e. The van der Waals surface area contributed by atoms with Gasteiger partial charge in [-0.25, -0.2) is 0 Å². The number of aromatic nitrogens is 1. The first-order chi connectivity index (χ1) is 5.22. The van der Waals surface area contributed by atoms with Gasteiger partial charge in [-0.05, 0) is 18.6 Å². The van der Waals surface area contributed by atoms with E-state index in [1.165, 1.54) is 0 Å². The molecule has 0 amide bonds. The van der Waals surface area contributed by atoms with Gasteiger partial charge in [-0.15, -0.1) is 0 Å². The zero-order valence-corrected chi connectivity index (χ0v) is 6.74. The van der Waals surface area contributed by atoms with E-state index in [-0.39, 0.29) is 11.7 Å². The Labute approximate surface area is 66.3 Å². The second kappa shape index (κ2) is 3.28. The molecule has 1 atom stereocenters. The summed E-state index contributed by atoms with van der Waals surface area (Å²) in [6.45, 7) is 3.48. The van der Waals surface area contributed by atoms with Gasteiger partial charge in [-0.1, -0.05) is 13.0 Å². The molecule has 0 fully saturated rings. The van der Waals surface area contributed by atoms with Crippen LogP contribution in [0, 0.1) is 0 Å². The van der Waals surface area contributed by atoms with Crippen molar-refractivity contribution in [3.63, 3.8) is 0 Å². The first-order valence-corrected chi connectivity index (χ1v) is 3.62. The monoisotopic (exact) mass is 149 g/mol. The van der Waals surface area contributed by atoms with Crippen molar-refractivity contribution < 1.29 is 4.79 Å². The van der Waals surface area contributed by atoms with Gasteiger partial charge >= 0.3 is 0 Å². The summed E-state index contributed by atoms with van der Waals surface area (Å²) in [6, 6.07) is 3.76. The highest BCUT2D eigenvalue weighted by Gasteiger charge is 2.08. The standard InChI is InChI=1S/C9H11NO/c1-7(8(2)11)9-4-3-5-10-6-9/h3-7H,1-2H3. The van der Waals surface area contributed by atoms with Gasteiger partial charge < -0.3 is 0 Å². The van der Waals surface area contributed by atoms with Gasteiger partial charge in [0.1, 0.15) is 5.78 Å². The number of Topliss-reactive ketones (excluding diaryl/α,β-unsaturated/α-hetero) is 1. The number of carbonyl (C=O) groups excluding carboxylic acids is 1. The van der Waals surface area contributed by atoms with Crippen LogP contribution in [0.2, 0.25) is 0 Å². The molecule has 0 bridgehead atoms. The molecule has 0 N–H and O–H groups in total. The summed E-state index contributed by atoms with van der Waals surface area (Å²) in [5.74, 6) is 0.154. The molecule has 0 spiro atoms. The molecular weight excluding hydrogens is 138 g/mol. The minimum atomic E-state index is -0.0244. The van der Waals surface area contributed by atoms with Gasteiger partial charge in [0.15, 0.2) is 0 Å². The summed E-state index contributed by atoms with van der Waals surface area (Å²) in [7, 11) is 0. The van der Waals surface area contributed by atoms with E-state index in [4.69, 9.17) is 0 Å². The highest BCUT2D eigenvalue weighted by Crippen LogP contribution is 2.13. The van der Waals surface area contributed by atoms with Crippen molar-refractivity contribution in [2.75, 3.05) is 0 Å². The molecule has 11 heavy (non-hydrogen) atoms. The van der Waals surface area contributed by atoms with E-state index in [2.05, 4.69) is 4.98 Å². The molecule has 1 rings (SSSR count). The third-order valence-corrected chi connectivity index (χ3v) is 1.79. The third-order valence-electron chi connectivity index (χ3n) is 1.79. The first kappa shape index (κ1) is 7.92. The zero-order valence-electron chi connectivity index (χ0n) is 6.74. The highest BCUT2D eigenvalue weighted by atomic mass is 16.1. The SMILES string of the molecule is CC(=O)C(C)c1cccnc1. The van der Waals surface area contributed by atoms with Gasteiger partial charge in [-0.2, -0.15) is 0 Å². The van der Waals surface area contributed by atoms with Crippen molar-refractivity contribution in [1.29, 1.82) is 0 Å². The molecule has 1 aromatic heterocycles. The minimum Gasteiger partial charge on any atom is -0.299 e. The second-order valence-corrected chi connectivity index (χ2v) is 2.62. The lowest BCUT2D eigenvalue weighted by Gasteiger charge is -2.05.